The van der Waals surface area contributed by atoms with Gasteiger partial charge in [0, 0.05) is 12.6 Å². The second-order valence-corrected chi connectivity index (χ2v) is 3.51. The second kappa shape index (κ2) is 4.93. The third-order valence-electron chi connectivity index (χ3n) is 2.32. The molecule has 0 aliphatic carbocycles. The summed E-state index contributed by atoms with van der Waals surface area (Å²) in [7, 11) is 0. The van der Waals surface area contributed by atoms with Crippen molar-refractivity contribution in [1.29, 1.82) is 0 Å². The predicted octanol–water partition coefficient (Wildman–Crippen LogP) is 0.649. The summed E-state index contributed by atoms with van der Waals surface area (Å²) in [6.07, 6.45) is 4.48. The van der Waals surface area contributed by atoms with Gasteiger partial charge in [0.15, 0.2) is 0 Å². The van der Waals surface area contributed by atoms with E-state index in [1.165, 1.54) is 0 Å². The Kier molecular flexibility index (Phi) is 3.34. The smallest absolute Gasteiger partial charge is 0.234 e. The van der Waals surface area contributed by atoms with E-state index in [2.05, 4.69) is 20.6 Å². The second-order valence-electron chi connectivity index (χ2n) is 3.51. The van der Waals surface area contributed by atoms with Crippen molar-refractivity contribution in [1.82, 2.24) is 15.3 Å². The molecule has 2 heterocycles. The van der Waals surface area contributed by atoms with Crippen LogP contribution in [0, 0.1) is 0 Å². The van der Waals surface area contributed by atoms with Crippen LogP contribution >= 0.6 is 0 Å². The van der Waals surface area contributed by atoms with E-state index in [0.717, 1.165) is 25.3 Å². The first-order valence-corrected chi connectivity index (χ1v) is 5.30. The van der Waals surface area contributed by atoms with Crippen molar-refractivity contribution < 1.29 is 4.74 Å². The third-order valence-corrected chi connectivity index (χ3v) is 2.32. The van der Waals surface area contributed by atoms with Crippen molar-refractivity contribution in [2.75, 3.05) is 25.0 Å². The lowest BCUT2D eigenvalue weighted by molar-refractivity contribution is 0.325. The SMILES string of the molecule is CCOc1cncc(NC2CCNC2)n1. The first kappa shape index (κ1) is 10.2. The van der Waals surface area contributed by atoms with Crippen molar-refractivity contribution in [2.24, 2.45) is 0 Å². The molecule has 0 aromatic carbocycles. The van der Waals surface area contributed by atoms with Gasteiger partial charge >= 0.3 is 0 Å². The van der Waals surface area contributed by atoms with Gasteiger partial charge in [-0.05, 0) is 19.9 Å². The minimum absolute atomic E-state index is 0.455. The van der Waals surface area contributed by atoms with Gasteiger partial charge in [-0.1, -0.05) is 0 Å². The summed E-state index contributed by atoms with van der Waals surface area (Å²) in [5.74, 6) is 1.36. The molecule has 5 heteroatoms. The van der Waals surface area contributed by atoms with Gasteiger partial charge < -0.3 is 15.4 Å². The molecule has 0 spiro atoms. The molecule has 0 radical (unpaired) electrons. The molecule has 0 saturated carbocycles. The number of hydrogen-bond donors (Lipinski definition) is 2. The zero-order valence-corrected chi connectivity index (χ0v) is 8.86. The topological polar surface area (TPSA) is 59.1 Å². The summed E-state index contributed by atoms with van der Waals surface area (Å²) < 4.78 is 5.28. The maximum Gasteiger partial charge on any atom is 0.234 e. The number of anilines is 1. The monoisotopic (exact) mass is 208 g/mol. The van der Waals surface area contributed by atoms with Gasteiger partial charge in [0.2, 0.25) is 5.88 Å². The molecular formula is C10H16N4O. The highest BCUT2D eigenvalue weighted by atomic mass is 16.5. The molecule has 1 aliphatic heterocycles. The van der Waals surface area contributed by atoms with E-state index in [4.69, 9.17) is 4.74 Å². The minimum atomic E-state index is 0.455. The van der Waals surface area contributed by atoms with Crippen molar-refractivity contribution in [3.05, 3.63) is 12.4 Å². The maximum absolute atomic E-state index is 5.28. The summed E-state index contributed by atoms with van der Waals surface area (Å²) in [5.41, 5.74) is 0. The van der Waals surface area contributed by atoms with Crippen LogP contribution in [0.1, 0.15) is 13.3 Å². The van der Waals surface area contributed by atoms with Crippen LogP contribution in [0.3, 0.4) is 0 Å². The lowest BCUT2D eigenvalue weighted by Crippen LogP contribution is -2.22. The fourth-order valence-electron chi connectivity index (χ4n) is 1.62. The number of rotatable bonds is 4. The average molecular weight is 208 g/mol. The number of nitrogens with one attached hydrogen (secondary N) is 2. The molecule has 82 valence electrons. The highest BCUT2D eigenvalue weighted by Crippen LogP contribution is 2.11. The van der Waals surface area contributed by atoms with Crippen molar-refractivity contribution in [2.45, 2.75) is 19.4 Å². The largest absolute Gasteiger partial charge is 0.477 e. The summed E-state index contributed by atoms with van der Waals surface area (Å²) >= 11 is 0. The van der Waals surface area contributed by atoms with Crippen LogP contribution < -0.4 is 15.4 Å². The average Bonchev–Trinajstić information content (AvgIpc) is 2.71. The molecule has 0 amide bonds. The lowest BCUT2D eigenvalue weighted by atomic mass is 10.3. The predicted molar refractivity (Wildman–Crippen MR) is 58.1 cm³/mol. The molecule has 1 unspecified atom stereocenters. The van der Waals surface area contributed by atoms with Gasteiger partial charge in [-0.25, -0.2) is 0 Å². The number of aromatic nitrogens is 2. The van der Waals surface area contributed by atoms with E-state index in [-0.39, 0.29) is 0 Å². The fraction of sp³-hybridized carbons (Fsp3) is 0.600. The first-order valence-electron chi connectivity index (χ1n) is 5.30. The summed E-state index contributed by atoms with van der Waals surface area (Å²) in [6, 6.07) is 0.455. The third kappa shape index (κ3) is 2.79. The van der Waals surface area contributed by atoms with Crippen LogP contribution in [0.5, 0.6) is 5.88 Å². The van der Waals surface area contributed by atoms with Crippen LogP contribution in [0.15, 0.2) is 12.4 Å². The van der Waals surface area contributed by atoms with E-state index in [9.17, 15) is 0 Å². The molecule has 1 atom stereocenters. The molecule has 1 saturated heterocycles. The van der Waals surface area contributed by atoms with Gasteiger partial charge in [0.25, 0.3) is 0 Å². The molecule has 2 rings (SSSR count). The van der Waals surface area contributed by atoms with Crippen LogP contribution in [0.25, 0.3) is 0 Å². The molecule has 5 nitrogen and oxygen atoms in total. The van der Waals surface area contributed by atoms with E-state index < -0.39 is 0 Å². The lowest BCUT2D eigenvalue weighted by Gasteiger charge is -2.12. The summed E-state index contributed by atoms with van der Waals surface area (Å²) in [6.45, 7) is 4.60. The van der Waals surface area contributed by atoms with E-state index in [1.807, 2.05) is 6.92 Å². The fourth-order valence-corrected chi connectivity index (χ4v) is 1.62. The highest BCUT2D eigenvalue weighted by molar-refractivity contribution is 5.34. The molecular weight excluding hydrogens is 192 g/mol. The Morgan fingerprint density at radius 2 is 2.53 bits per heavy atom. The van der Waals surface area contributed by atoms with Gasteiger partial charge in [0.05, 0.1) is 19.0 Å². The number of hydrogen-bond acceptors (Lipinski definition) is 5. The van der Waals surface area contributed by atoms with Gasteiger partial charge in [-0.3, -0.25) is 4.98 Å². The maximum atomic E-state index is 5.28. The van der Waals surface area contributed by atoms with Crippen LogP contribution in [-0.4, -0.2) is 35.7 Å². The summed E-state index contributed by atoms with van der Waals surface area (Å²) in [5, 5.41) is 6.61. The zero-order valence-electron chi connectivity index (χ0n) is 8.86. The molecule has 1 aromatic rings. The quantitative estimate of drug-likeness (QED) is 0.760. The van der Waals surface area contributed by atoms with Gasteiger partial charge in [-0.15, -0.1) is 0 Å². The number of ether oxygens (including phenoxy) is 1. The van der Waals surface area contributed by atoms with Gasteiger partial charge in [-0.2, -0.15) is 4.98 Å². The Morgan fingerprint density at radius 3 is 3.27 bits per heavy atom. The molecule has 1 aromatic heterocycles. The van der Waals surface area contributed by atoms with Crippen molar-refractivity contribution >= 4 is 5.82 Å². The normalized spacial score (nSPS) is 20.2. The van der Waals surface area contributed by atoms with Crippen LogP contribution in [0.4, 0.5) is 5.82 Å². The van der Waals surface area contributed by atoms with Crippen molar-refractivity contribution in [3.63, 3.8) is 0 Å². The Hall–Kier alpha value is -1.36. The first-order chi connectivity index (χ1) is 7.38. The Labute approximate surface area is 89.3 Å². The van der Waals surface area contributed by atoms with E-state index >= 15 is 0 Å². The van der Waals surface area contributed by atoms with Crippen LogP contribution in [0.2, 0.25) is 0 Å². The van der Waals surface area contributed by atoms with Gasteiger partial charge in [0.1, 0.15) is 5.82 Å². The van der Waals surface area contributed by atoms with Crippen LogP contribution in [-0.2, 0) is 0 Å². The van der Waals surface area contributed by atoms with E-state index in [1.54, 1.807) is 12.4 Å². The molecule has 0 bridgehead atoms. The minimum Gasteiger partial charge on any atom is -0.477 e. The summed E-state index contributed by atoms with van der Waals surface area (Å²) in [4.78, 5) is 8.38. The molecule has 15 heavy (non-hydrogen) atoms. The molecule has 1 fully saturated rings. The Bertz CT molecular complexity index is 312. The number of nitrogens with zero attached hydrogens (tertiary/aromatic N) is 2. The zero-order chi connectivity index (χ0) is 10.5. The standard InChI is InChI=1S/C10H16N4O/c1-2-15-10-7-12-6-9(14-10)13-8-3-4-11-5-8/h6-8,11H,2-5H2,1H3,(H,13,14). The molecule has 1 aliphatic rings. The Balaban J connectivity index is 1.97. The Morgan fingerprint density at radius 1 is 1.60 bits per heavy atom. The highest BCUT2D eigenvalue weighted by Gasteiger charge is 2.14. The van der Waals surface area contributed by atoms with E-state index in [0.29, 0.717) is 18.5 Å². The van der Waals surface area contributed by atoms with Crippen molar-refractivity contribution in [3.8, 4) is 5.88 Å². The molecule has 2 N–H and O–H groups in total.